The zero-order chi connectivity index (χ0) is 17.0. The van der Waals surface area contributed by atoms with Crippen LogP contribution in [0, 0.1) is 11.3 Å². The number of ether oxygens (including phenoxy) is 1. The molecule has 0 aromatic heterocycles. The van der Waals surface area contributed by atoms with Crippen LogP contribution in [0.15, 0.2) is 54.6 Å². The van der Waals surface area contributed by atoms with Gasteiger partial charge in [-0.25, -0.2) is 0 Å². The van der Waals surface area contributed by atoms with E-state index in [1.165, 1.54) is 18.4 Å². The maximum absolute atomic E-state index is 8.79. The van der Waals surface area contributed by atoms with Crippen molar-refractivity contribution in [3.63, 3.8) is 0 Å². The van der Waals surface area contributed by atoms with Crippen LogP contribution in [-0.2, 0) is 6.42 Å². The predicted molar refractivity (Wildman–Crippen MR) is 98.1 cm³/mol. The Morgan fingerprint density at radius 3 is 2.50 bits per heavy atom. The van der Waals surface area contributed by atoms with Crippen LogP contribution in [0.1, 0.15) is 36.8 Å². The van der Waals surface area contributed by atoms with Crippen molar-refractivity contribution in [1.82, 2.24) is 5.32 Å². The van der Waals surface area contributed by atoms with Gasteiger partial charge in [0.05, 0.1) is 18.2 Å². The highest BCUT2D eigenvalue weighted by Crippen LogP contribution is 2.17. The SMILES string of the molecule is CNC1CC1.N#Cc1cccc(OCCCCc2ccccc2)c1. The van der Waals surface area contributed by atoms with Gasteiger partial charge >= 0.3 is 0 Å². The van der Waals surface area contributed by atoms with Crippen molar-refractivity contribution in [2.24, 2.45) is 0 Å². The monoisotopic (exact) mass is 322 g/mol. The van der Waals surface area contributed by atoms with Gasteiger partial charge in [0.2, 0.25) is 0 Å². The quantitative estimate of drug-likeness (QED) is 0.772. The van der Waals surface area contributed by atoms with Crippen LogP contribution in [0.5, 0.6) is 5.75 Å². The minimum Gasteiger partial charge on any atom is -0.494 e. The first kappa shape index (κ1) is 18.0. The van der Waals surface area contributed by atoms with Crippen molar-refractivity contribution in [3.05, 3.63) is 65.7 Å². The second-order valence-corrected chi connectivity index (χ2v) is 5.99. The highest BCUT2D eigenvalue weighted by Gasteiger charge is 2.17. The smallest absolute Gasteiger partial charge is 0.120 e. The Balaban J connectivity index is 0.000000355. The molecule has 1 aliphatic carbocycles. The summed E-state index contributed by atoms with van der Waals surface area (Å²) in [4.78, 5) is 0. The van der Waals surface area contributed by atoms with Gasteiger partial charge in [-0.15, -0.1) is 0 Å². The molecule has 2 aromatic rings. The van der Waals surface area contributed by atoms with E-state index in [1.807, 2.05) is 25.2 Å². The van der Waals surface area contributed by atoms with Crippen LogP contribution < -0.4 is 10.1 Å². The Kier molecular flexibility index (Phi) is 7.86. The molecule has 0 radical (unpaired) electrons. The van der Waals surface area contributed by atoms with Gasteiger partial charge in [0.15, 0.2) is 0 Å². The van der Waals surface area contributed by atoms with Crippen molar-refractivity contribution in [3.8, 4) is 11.8 Å². The number of nitriles is 1. The Labute approximate surface area is 145 Å². The molecule has 1 fully saturated rings. The molecule has 3 rings (SSSR count). The molecule has 126 valence electrons. The normalized spacial score (nSPS) is 12.7. The van der Waals surface area contributed by atoms with Gasteiger partial charge in [-0.3, -0.25) is 0 Å². The van der Waals surface area contributed by atoms with Gasteiger partial charge in [0, 0.05) is 6.04 Å². The number of hydrogen-bond donors (Lipinski definition) is 1. The summed E-state index contributed by atoms with van der Waals surface area (Å²) in [5, 5.41) is 11.9. The highest BCUT2D eigenvalue weighted by atomic mass is 16.5. The number of nitrogens with zero attached hydrogens (tertiary/aromatic N) is 1. The van der Waals surface area contributed by atoms with E-state index in [4.69, 9.17) is 10.00 Å². The van der Waals surface area contributed by atoms with E-state index in [1.54, 1.807) is 12.1 Å². The Hall–Kier alpha value is -2.31. The van der Waals surface area contributed by atoms with Gasteiger partial charge in [0.1, 0.15) is 5.75 Å². The minimum atomic E-state index is 0.641. The molecule has 24 heavy (non-hydrogen) atoms. The fourth-order valence-corrected chi connectivity index (χ4v) is 2.29. The van der Waals surface area contributed by atoms with Crippen LogP contribution >= 0.6 is 0 Å². The van der Waals surface area contributed by atoms with Gasteiger partial charge in [-0.2, -0.15) is 5.26 Å². The van der Waals surface area contributed by atoms with E-state index in [2.05, 4.69) is 35.7 Å². The molecule has 1 saturated carbocycles. The summed E-state index contributed by atoms with van der Waals surface area (Å²) in [7, 11) is 2.01. The first-order valence-electron chi connectivity index (χ1n) is 8.66. The minimum absolute atomic E-state index is 0.641. The topological polar surface area (TPSA) is 45.0 Å². The average molecular weight is 322 g/mol. The second-order valence-electron chi connectivity index (χ2n) is 5.99. The lowest BCUT2D eigenvalue weighted by Crippen LogP contribution is -2.06. The van der Waals surface area contributed by atoms with Crippen LogP contribution in [0.2, 0.25) is 0 Å². The third-order valence-electron chi connectivity index (χ3n) is 3.92. The van der Waals surface area contributed by atoms with Gasteiger partial charge in [-0.1, -0.05) is 36.4 Å². The fraction of sp³-hybridized carbons (Fsp3) is 0.381. The van der Waals surface area contributed by atoms with Crippen LogP contribution in [0.25, 0.3) is 0 Å². The summed E-state index contributed by atoms with van der Waals surface area (Å²) in [6.45, 7) is 0.696. The molecule has 0 bridgehead atoms. The maximum Gasteiger partial charge on any atom is 0.120 e. The average Bonchev–Trinajstić information content (AvgIpc) is 3.47. The van der Waals surface area contributed by atoms with Crippen molar-refractivity contribution >= 4 is 0 Å². The number of benzene rings is 2. The van der Waals surface area contributed by atoms with Crippen molar-refractivity contribution in [2.45, 2.75) is 38.1 Å². The summed E-state index contributed by atoms with van der Waals surface area (Å²) in [6, 6.07) is 20.8. The fourth-order valence-electron chi connectivity index (χ4n) is 2.29. The largest absolute Gasteiger partial charge is 0.494 e. The second kappa shape index (κ2) is 10.5. The molecule has 0 spiro atoms. The lowest BCUT2D eigenvalue weighted by molar-refractivity contribution is 0.307. The number of unbranched alkanes of at least 4 members (excludes halogenated alkanes) is 1. The Bertz CT molecular complexity index is 630. The molecule has 2 aromatic carbocycles. The Morgan fingerprint density at radius 1 is 1.08 bits per heavy atom. The molecule has 0 aliphatic heterocycles. The molecule has 0 atom stereocenters. The van der Waals surface area contributed by atoms with Crippen molar-refractivity contribution < 1.29 is 4.74 Å². The number of nitrogens with one attached hydrogen (secondary N) is 1. The molecule has 1 aliphatic rings. The number of aryl methyl sites for hydroxylation is 1. The van der Waals surface area contributed by atoms with E-state index in [-0.39, 0.29) is 0 Å². The van der Waals surface area contributed by atoms with Crippen molar-refractivity contribution in [2.75, 3.05) is 13.7 Å². The van der Waals surface area contributed by atoms with Gasteiger partial charge in [0.25, 0.3) is 0 Å². The molecular formula is C21H26N2O. The molecule has 0 unspecified atom stereocenters. The Morgan fingerprint density at radius 2 is 1.88 bits per heavy atom. The zero-order valence-corrected chi connectivity index (χ0v) is 14.4. The highest BCUT2D eigenvalue weighted by molar-refractivity contribution is 5.36. The maximum atomic E-state index is 8.79. The van der Waals surface area contributed by atoms with Crippen LogP contribution in [0.3, 0.4) is 0 Å². The molecule has 3 heteroatoms. The number of hydrogen-bond acceptors (Lipinski definition) is 3. The third kappa shape index (κ3) is 7.30. The third-order valence-corrected chi connectivity index (χ3v) is 3.92. The van der Waals surface area contributed by atoms with E-state index in [0.717, 1.165) is 31.1 Å². The van der Waals surface area contributed by atoms with Crippen molar-refractivity contribution in [1.29, 1.82) is 5.26 Å². The first-order valence-corrected chi connectivity index (χ1v) is 8.66. The summed E-state index contributed by atoms with van der Waals surface area (Å²) < 4.78 is 5.64. The van der Waals surface area contributed by atoms with Crippen LogP contribution in [0.4, 0.5) is 0 Å². The molecule has 0 amide bonds. The summed E-state index contributed by atoms with van der Waals surface area (Å²) in [5.41, 5.74) is 2.01. The molecule has 0 heterocycles. The predicted octanol–water partition coefficient (Wildman–Crippen LogP) is 4.33. The van der Waals surface area contributed by atoms with E-state index in [9.17, 15) is 0 Å². The lowest BCUT2D eigenvalue weighted by atomic mass is 10.1. The molecule has 0 saturated heterocycles. The van der Waals surface area contributed by atoms with E-state index in [0.29, 0.717) is 12.2 Å². The molecular weight excluding hydrogens is 296 g/mol. The number of rotatable bonds is 7. The van der Waals surface area contributed by atoms with E-state index >= 15 is 0 Å². The van der Waals surface area contributed by atoms with E-state index < -0.39 is 0 Å². The summed E-state index contributed by atoms with van der Waals surface area (Å²) in [6.07, 6.45) is 6.02. The van der Waals surface area contributed by atoms with Crippen LogP contribution in [-0.4, -0.2) is 19.7 Å². The van der Waals surface area contributed by atoms with Gasteiger partial charge in [-0.05, 0) is 62.9 Å². The molecule has 3 nitrogen and oxygen atoms in total. The lowest BCUT2D eigenvalue weighted by Gasteiger charge is -2.06. The first-order chi connectivity index (χ1) is 11.8. The van der Waals surface area contributed by atoms with Gasteiger partial charge < -0.3 is 10.1 Å². The summed E-state index contributed by atoms with van der Waals surface area (Å²) >= 11 is 0. The molecule has 1 N–H and O–H groups in total. The summed E-state index contributed by atoms with van der Waals surface area (Å²) in [5.74, 6) is 0.777. The standard InChI is InChI=1S/C17H17NO.C4H9N/c18-14-16-10-6-11-17(13-16)19-12-5-4-9-15-7-2-1-3-8-15;1-5-4-2-3-4/h1-3,6-8,10-11,13H,4-5,9,12H2;4-5H,2-3H2,1H3. The zero-order valence-electron chi connectivity index (χ0n) is 14.4.